The van der Waals surface area contributed by atoms with Crippen LogP contribution in [0.25, 0.3) is 10.8 Å². The number of benzene rings is 3. The Bertz CT molecular complexity index is 872. The topological polar surface area (TPSA) is 32.3 Å². The molecule has 3 nitrogen and oxygen atoms in total. The van der Waals surface area contributed by atoms with Crippen molar-refractivity contribution >= 4 is 22.4 Å². The first-order valence-corrected chi connectivity index (χ1v) is 8.60. The fraction of sp³-hybridized carbons (Fsp3) is 0.227. The largest absolute Gasteiger partial charge is 0.377 e. The molecule has 0 fully saturated rings. The Labute approximate surface area is 149 Å². The summed E-state index contributed by atoms with van der Waals surface area (Å²) in [4.78, 5) is 14.9. The molecular formula is C22H24N2O. The van der Waals surface area contributed by atoms with E-state index in [2.05, 4.69) is 34.5 Å². The maximum atomic E-state index is 12.8. The van der Waals surface area contributed by atoms with Crippen molar-refractivity contribution < 1.29 is 4.79 Å². The molecule has 0 spiro atoms. The summed E-state index contributed by atoms with van der Waals surface area (Å²) in [7, 11) is 4.03. The molecule has 0 aliphatic rings. The van der Waals surface area contributed by atoms with Crippen molar-refractivity contribution in [2.24, 2.45) is 0 Å². The Morgan fingerprint density at radius 3 is 2.32 bits per heavy atom. The number of rotatable bonds is 5. The molecule has 0 aromatic heterocycles. The second-order valence-corrected chi connectivity index (χ2v) is 6.64. The fourth-order valence-electron chi connectivity index (χ4n) is 3.20. The molecule has 3 aromatic rings. The Morgan fingerprint density at radius 2 is 1.60 bits per heavy atom. The summed E-state index contributed by atoms with van der Waals surface area (Å²) in [6.45, 7) is 2.04. The van der Waals surface area contributed by atoms with E-state index in [1.54, 1.807) is 0 Å². The minimum Gasteiger partial charge on any atom is -0.377 e. The van der Waals surface area contributed by atoms with E-state index >= 15 is 0 Å². The molecule has 1 atom stereocenters. The van der Waals surface area contributed by atoms with Gasteiger partial charge in [0, 0.05) is 36.8 Å². The van der Waals surface area contributed by atoms with Crippen LogP contribution in [-0.2, 0) is 6.42 Å². The van der Waals surface area contributed by atoms with Gasteiger partial charge in [0.25, 0.3) is 5.91 Å². The molecule has 0 bridgehead atoms. The summed E-state index contributed by atoms with van der Waals surface area (Å²) in [6.07, 6.45) is 0.820. The number of hydrogen-bond donors (Lipinski definition) is 1. The van der Waals surface area contributed by atoms with Gasteiger partial charge in [0.1, 0.15) is 0 Å². The highest BCUT2D eigenvalue weighted by Crippen LogP contribution is 2.27. The van der Waals surface area contributed by atoms with Crippen LogP contribution >= 0.6 is 0 Å². The molecule has 25 heavy (non-hydrogen) atoms. The van der Waals surface area contributed by atoms with E-state index < -0.39 is 0 Å². The average Bonchev–Trinajstić information content (AvgIpc) is 2.61. The van der Waals surface area contributed by atoms with Gasteiger partial charge in [0.15, 0.2) is 0 Å². The Kier molecular flexibility index (Phi) is 5.03. The van der Waals surface area contributed by atoms with Crippen molar-refractivity contribution in [1.82, 2.24) is 5.32 Å². The zero-order valence-electron chi connectivity index (χ0n) is 15.0. The summed E-state index contributed by atoms with van der Waals surface area (Å²) < 4.78 is 0. The molecule has 0 aliphatic heterocycles. The van der Waals surface area contributed by atoms with Crippen molar-refractivity contribution in [3.63, 3.8) is 0 Å². The van der Waals surface area contributed by atoms with E-state index in [4.69, 9.17) is 0 Å². The molecule has 3 aromatic carbocycles. The molecule has 128 valence electrons. The molecule has 0 radical (unpaired) electrons. The Hall–Kier alpha value is -2.81. The van der Waals surface area contributed by atoms with Gasteiger partial charge in [-0.1, -0.05) is 54.6 Å². The van der Waals surface area contributed by atoms with Gasteiger partial charge >= 0.3 is 0 Å². The zero-order chi connectivity index (χ0) is 17.8. The molecule has 0 saturated heterocycles. The number of nitrogens with zero attached hydrogens (tertiary/aromatic N) is 1. The van der Waals surface area contributed by atoms with Crippen LogP contribution in [0.5, 0.6) is 0 Å². The predicted molar refractivity (Wildman–Crippen MR) is 105 cm³/mol. The lowest BCUT2D eigenvalue weighted by molar-refractivity contribution is 0.0942. The number of anilines is 1. The first kappa shape index (κ1) is 17.0. The number of amides is 1. The second-order valence-electron chi connectivity index (χ2n) is 6.64. The van der Waals surface area contributed by atoms with Crippen LogP contribution in [0.1, 0.15) is 22.8 Å². The molecule has 0 unspecified atom stereocenters. The monoisotopic (exact) mass is 332 g/mol. The van der Waals surface area contributed by atoms with Gasteiger partial charge in [0.05, 0.1) is 0 Å². The summed E-state index contributed by atoms with van der Waals surface area (Å²) >= 11 is 0. The lowest BCUT2D eigenvalue weighted by atomic mass is 10.0. The van der Waals surface area contributed by atoms with E-state index in [1.807, 2.05) is 63.5 Å². The standard InChI is InChI=1S/C22H24N2O/c1-16(15-17-9-5-4-6-10-17)23-22(25)20-13-7-12-19-18(20)11-8-14-21(19)24(2)3/h4-14,16H,15H2,1-3H3,(H,23,25)/t16-/m0/s1. The molecule has 0 saturated carbocycles. The first-order valence-electron chi connectivity index (χ1n) is 8.60. The number of fused-ring (bicyclic) bond motifs is 1. The third-order valence-corrected chi connectivity index (χ3v) is 4.39. The molecular weight excluding hydrogens is 308 g/mol. The minimum absolute atomic E-state index is 0.0232. The highest BCUT2D eigenvalue weighted by atomic mass is 16.1. The third kappa shape index (κ3) is 3.82. The van der Waals surface area contributed by atoms with Crippen molar-refractivity contribution in [2.75, 3.05) is 19.0 Å². The Morgan fingerprint density at radius 1 is 0.920 bits per heavy atom. The molecule has 3 rings (SSSR count). The van der Waals surface area contributed by atoms with Crippen LogP contribution in [0.4, 0.5) is 5.69 Å². The van der Waals surface area contributed by atoms with Gasteiger partial charge in [-0.15, -0.1) is 0 Å². The second kappa shape index (κ2) is 7.39. The molecule has 3 heteroatoms. The van der Waals surface area contributed by atoms with E-state index in [-0.39, 0.29) is 11.9 Å². The van der Waals surface area contributed by atoms with E-state index in [1.165, 1.54) is 5.56 Å². The lowest BCUT2D eigenvalue weighted by Gasteiger charge is -2.18. The molecule has 1 N–H and O–H groups in total. The summed E-state index contributed by atoms with van der Waals surface area (Å²) in [5.41, 5.74) is 3.06. The number of carbonyl (C=O) groups is 1. The smallest absolute Gasteiger partial charge is 0.252 e. The maximum Gasteiger partial charge on any atom is 0.252 e. The molecule has 0 heterocycles. The van der Waals surface area contributed by atoms with Crippen LogP contribution in [0.15, 0.2) is 66.7 Å². The number of hydrogen-bond acceptors (Lipinski definition) is 2. The van der Waals surface area contributed by atoms with E-state index in [9.17, 15) is 4.79 Å². The van der Waals surface area contributed by atoms with Crippen molar-refractivity contribution in [1.29, 1.82) is 0 Å². The van der Waals surface area contributed by atoms with Crippen molar-refractivity contribution in [3.8, 4) is 0 Å². The van der Waals surface area contributed by atoms with Gasteiger partial charge in [-0.05, 0) is 36.4 Å². The summed E-state index contributed by atoms with van der Waals surface area (Å²) in [5, 5.41) is 5.21. The molecule has 1 amide bonds. The van der Waals surface area contributed by atoms with Crippen molar-refractivity contribution in [2.45, 2.75) is 19.4 Å². The first-order chi connectivity index (χ1) is 12.1. The van der Waals surface area contributed by atoms with Crippen LogP contribution in [0.3, 0.4) is 0 Å². The summed E-state index contributed by atoms with van der Waals surface area (Å²) in [6, 6.07) is 22.3. The highest BCUT2D eigenvalue weighted by Gasteiger charge is 2.14. The summed E-state index contributed by atoms with van der Waals surface area (Å²) in [5.74, 6) is -0.0232. The zero-order valence-corrected chi connectivity index (χ0v) is 15.0. The number of nitrogens with one attached hydrogen (secondary N) is 1. The normalized spacial score (nSPS) is 12.0. The fourth-order valence-corrected chi connectivity index (χ4v) is 3.20. The predicted octanol–water partition coefficient (Wildman–Crippen LogP) is 4.27. The van der Waals surface area contributed by atoms with Gasteiger partial charge in [-0.2, -0.15) is 0 Å². The Balaban J connectivity index is 1.84. The highest BCUT2D eigenvalue weighted by molar-refractivity contribution is 6.10. The average molecular weight is 332 g/mol. The van der Waals surface area contributed by atoms with Crippen LogP contribution < -0.4 is 10.2 Å². The van der Waals surface area contributed by atoms with Crippen LogP contribution in [0, 0.1) is 0 Å². The van der Waals surface area contributed by atoms with Gasteiger partial charge in [-0.25, -0.2) is 0 Å². The van der Waals surface area contributed by atoms with Crippen LogP contribution in [0.2, 0.25) is 0 Å². The van der Waals surface area contributed by atoms with Gasteiger partial charge in [0.2, 0.25) is 0 Å². The van der Waals surface area contributed by atoms with E-state index in [0.29, 0.717) is 0 Å². The quantitative estimate of drug-likeness (QED) is 0.757. The lowest BCUT2D eigenvalue weighted by Crippen LogP contribution is -2.34. The van der Waals surface area contributed by atoms with E-state index in [0.717, 1.165) is 28.4 Å². The van der Waals surface area contributed by atoms with Gasteiger partial charge in [-0.3, -0.25) is 4.79 Å². The third-order valence-electron chi connectivity index (χ3n) is 4.39. The van der Waals surface area contributed by atoms with Crippen LogP contribution in [-0.4, -0.2) is 26.0 Å². The van der Waals surface area contributed by atoms with Crippen molar-refractivity contribution in [3.05, 3.63) is 77.9 Å². The number of carbonyl (C=O) groups excluding carboxylic acids is 1. The maximum absolute atomic E-state index is 12.8. The van der Waals surface area contributed by atoms with Gasteiger partial charge < -0.3 is 10.2 Å². The SMILES string of the molecule is C[C@@H](Cc1ccccc1)NC(=O)c1cccc2c(N(C)C)cccc12. The minimum atomic E-state index is -0.0232. The molecule has 0 aliphatic carbocycles.